The summed E-state index contributed by atoms with van der Waals surface area (Å²) in [6.45, 7) is 7.48. The highest BCUT2D eigenvalue weighted by molar-refractivity contribution is 7.89. The van der Waals surface area contributed by atoms with Crippen molar-refractivity contribution in [1.82, 2.24) is 14.2 Å². The number of thiazole rings is 1. The van der Waals surface area contributed by atoms with E-state index in [1.807, 2.05) is 13.8 Å². The predicted octanol–water partition coefficient (Wildman–Crippen LogP) is 5.13. The van der Waals surface area contributed by atoms with Crippen molar-refractivity contribution in [1.29, 1.82) is 0 Å². The Morgan fingerprint density at radius 2 is 1.65 bits per heavy atom. The topological polar surface area (TPSA) is 73.8 Å². The summed E-state index contributed by atoms with van der Waals surface area (Å²) in [7, 11) is -3.64. The minimum atomic E-state index is -3.64. The van der Waals surface area contributed by atoms with Gasteiger partial charge in [-0.1, -0.05) is 38.0 Å². The van der Waals surface area contributed by atoms with E-state index in [2.05, 4.69) is 9.88 Å². The number of fused-ring (bicyclic) bond motifs is 1. The van der Waals surface area contributed by atoms with Crippen LogP contribution in [0.5, 0.6) is 0 Å². The van der Waals surface area contributed by atoms with Gasteiger partial charge in [0.2, 0.25) is 10.0 Å². The normalized spacial score (nSPS) is 15.3. The average molecular weight is 551 g/mol. The van der Waals surface area contributed by atoms with Gasteiger partial charge in [-0.05, 0) is 56.3 Å². The van der Waals surface area contributed by atoms with E-state index >= 15 is 0 Å². The minimum absolute atomic E-state index is 0.0148. The van der Waals surface area contributed by atoms with Crippen LogP contribution in [0.15, 0.2) is 41.3 Å². The molecule has 0 N–H and O–H groups in total. The standard InChI is InChI=1S/C26H32F2N4O3S2/c1-3-30(4-2)15-16-32(26-29-24-22(28)17-20(27)18-23(24)36-26)25(33)19-9-11-21(12-10-19)37(34,35)31-13-7-5-6-8-14-31/h9-12,17-18H,3-8,13-16H2,1-2H3. The molecule has 1 aromatic heterocycles. The van der Waals surface area contributed by atoms with Crippen LogP contribution in [0.3, 0.4) is 0 Å². The number of aromatic nitrogens is 1. The molecule has 0 radical (unpaired) electrons. The smallest absolute Gasteiger partial charge is 0.260 e. The number of carbonyl (C=O) groups is 1. The van der Waals surface area contributed by atoms with Crippen LogP contribution in [0, 0.1) is 11.6 Å². The van der Waals surface area contributed by atoms with E-state index in [1.165, 1.54) is 39.5 Å². The second-order valence-electron chi connectivity index (χ2n) is 9.06. The summed E-state index contributed by atoms with van der Waals surface area (Å²) in [5.41, 5.74) is 0.307. The molecule has 0 aliphatic carbocycles. The van der Waals surface area contributed by atoms with Gasteiger partial charge in [-0.25, -0.2) is 22.2 Å². The fourth-order valence-corrected chi connectivity index (χ4v) is 7.03. The van der Waals surface area contributed by atoms with E-state index in [4.69, 9.17) is 0 Å². The zero-order valence-electron chi connectivity index (χ0n) is 21.1. The van der Waals surface area contributed by atoms with Crippen LogP contribution in [0.1, 0.15) is 49.9 Å². The molecule has 7 nitrogen and oxygen atoms in total. The summed E-state index contributed by atoms with van der Waals surface area (Å²) in [5.74, 6) is -1.87. The summed E-state index contributed by atoms with van der Waals surface area (Å²) < 4.78 is 56.2. The largest absolute Gasteiger partial charge is 0.302 e. The van der Waals surface area contributed by atoms with Gasteiger partial charge in [0, 0.05) is 37.8 Å². The Morgan fingerprint density at radius 1 is 1.00 bits per heavy atom. The van der Waals surface area contributed by atoms with Gasteiger partial charge in [-0.2, -0.15) is 4.31 Å². The first-order valence-electron chi connectivity index (χ1n) is 12.6. The maximum atomic E-state index is 14.3. The summed E-state index contributed by atoms with van der Waals surface area (Å²) >= 11 is 1.04. The number of sulfonamides is 1. The Balaban J connectivity index is 1.63. The summed E-state index contributed by atoms with van der Waals surface area (Å²) in [6, 6.07) is 7.91. The highest BCUT2D eigenvalue weighted by Gasteiger charge is 2.27. The molecule has 11 heteroatoms. The number of carbonyl (C=O) groups excluding carboxylic acids is 1. The predicted molar refractivity (Wildman–Crippen MR) is 143 cm³/mol. The Kier molecular flexibility index (Phi) is 8.89. The number of nitrogens with zero attached hydrogens (tertiary/aromatic N) is 4. The minimum Gasteiger partial charge on any atom is -0.302 e. The summed E-state index contributed by atoms with van der Waals surface area (Å²) in [4.78, 5) is 21.7. The third-order valence-electron chi connectivity index (χ3n) is 6.72. The van der Waals surface area contributed by atoms with Crippen molar-refractivity contribution in [2.45, 2.75) is 44.4 Å². The molecule has 1 fully saturated rings. The van der Waals surface area contributed by atoms with E-state index in [0.29, 0.717) is 29.9 Å². The lowest BCUT2D eigenvalue weighted by molar-refractivity contribution is 0.0983. The van der Waals surface area contributed by atoms with Gasteiger partial charge in [0.05, 0.1) is 9.60 Å². The van der Waals surface area contributed by atoms with Crippen molar-refractivity contribution in [3.63, 3.8) is 0 Å². The van der Waals surface area contributed by atoms with E-state index in [0.717, 1.165) is 56.2 Å². The fourth-order valence-electron chi connectivity index (χ4n) is 4.48. The molecular weight excluding hydrogens is 518 g/mol. The first-order valence-corrected chi connectivity index (χ1v) is 14.9. The lowest BCUT2D eigenvalue weighted by Gasteiger charge is -2.25. The van der Waals surface area contributed by atoms with E-state index in [-0.39, 0.29) is 28.0 Å². The number of halogens is 2. The van der Waals surface area contributed by atoms with Gasteiger partial charge in [0.25, 0.3) is 5.91 Å². The van der Waals surface area contributed by atoms with Gasteiger partial charge < -0.3 is 4.90 Å². The van der Waals surface area contributed by atoms with Crippen molar-refractivity contribution in [3.05, 3.63) is 53.6 Å². The third-order valence-corrected chi connectivity index (χ3v) is 9.65. The number of hydrogen-bond acceptors (Lipinski definition) is 6. The van der Waals surface area contributed by atoms with Crippen LogP contribution >= 0.6 is 11.3 Å². The zero-order valence-corrected chi connectivity index (χ0v) is 22.8. The SMILES string of the molecule is CCN(CC)CCN(C(=O)c1ccc(S(=O)(=O)N2CCCCCC2)cc1)c1nc2c(F)cc(F)cc2s1. The highest BCUT2D eigenvalue weighted by atomic mass is 32.2. The highest BCUT2D eigenvalue weighted by Crippen LogP contribution is 2.32. The van der Waals surface area contributed by atoms with Crippen LogP contribution in [0.25, 0.3) is 10.2 Å². The third kappa shape index (κ3) is 6.17. The number of rotatable bonds is 9. The molecule has 0 atom stereocenters. The first-order chi connectivity index (χ1) is 17.7. The molecule has 2 heterocycles. The Labute approximate surface area is 220 Å². The number of benzene rings is 2. The molecule has 0 spiro atoms. The first kappa shape index (κ1) is 27.6. The number of likely N-dealkylation sites (N-methyl/N-ethyl adjacent to an activating group) is 1. The second-order valence-corrected chi connectivity index (χ2v) is 12.0. The monoisotopic (exact) mass is 550 g/mol. The van der Waals surface area contributed by atoms with Crippen molar-refractivity contribution < 1.29 is 22.0 Å². The number of hydrogen-bond donors (Lipinski definition) is 0. The Morgan fingerprint density at radius 3 is 2.27 bits per heavy atom. The van der Waals surface area contributed by atoms with Crippen LogP contribution in [-0.4, -0.2) is 67.8 Å². The Bertz CT molecular complexity index is 1330. The molecule has 1 aliphatic rings. The fraction of sp³-hybridized carbons (Fsp3) is 0.462. The molecule has 3 aromatic rings. The molecule has 0 unspecified atom stereocenters. The maximum absolute atomic E-state index is 14.3. The zero-order chi connectivity index (χ0) is 26.6. The summed E-state index contributed by atoms with van der Waals surface area (Å²) in [5, 5.41) is 0.262. The van der Waals surface area contributed by atoms with Gasteiger partial charge in [-0.3, -0.25) is 9.69 Å². The number of amides is 1. The average Bonchev–Trinajstić information content (AvgIpc) is 3.11. The molecule has 0 bridgehead atoms. The van der Waals surface area contributed by atoms with Crippen molar-refractivity contribution in [2.75, 3.05) is 44.2 Å². The van der Waals surface area contributed by atoms with Crippen LogP contribution in [0.4, 0.5) is 13.9 Å². The van der Waals surface area contributed by atoms with Gasteiger partial charge in [0.15, 0.2) is 10.9 Å². The molecule has 0 saturated carbocycles. The van der Waals surface area contributed by atoms with Crippen molar-refractivity contribution in [3.8, 4) is 0 Å². The number of anilines is 1. The molecule has 200 valence electrons. The maximum Gasteiger partial charge on any atom is 0.260 e. The van der Waals surface area contributed by atoms with Gasteiger partial charge in [-0.15, -0.1) is 0 Å². The van der Waals surface area contributed by atoms with Gasteiger partial charge in [0.1, 0.15) is 11.3 Å². The van der Waals surface area contributed by atoms with E-state index in [9.17, 15) is 22.0 Å². The molecule has 4 rings (SSSR count). The van der Waals surface area contributed by atoms with Crippen LogP contribution in [-0.2, 0) is 10.0 Å². The molecule has 1 amide bonds. The van der Waals surface area contributed by atoms with Crippen molar-refractivity contribution >= 4 is 42.6 Å². The molecule has 2 aromatic carbocycles. The summed E-state index contributed by atoms with van der Waals surface area (Å²) in [6.07, 6.45) is 3.71. The molecular formula is C26H32F2N4O3S2. The van der Waals surface area contributed by atoms with Crippen LogP contribution < -0.4 is 4.90 Å². The second kappa shape index (κ2) is 11.9. The van der Waals surface area contributed by atoms with E-state index in [1.54, 1.807) is 0 Å². The quantitative estimate of drug-likeness (QED) is 0.370. The van der Waals surface area contributed by atoms with Crippen molar-refractivity contribution in [2.24, 2.45) is 0 Å². The van der Waals surface area contributed by atoms with Crippen LogP contribution in [0.2, 0.25) is 0 Å². The lowest BCUT2D eigenvalue weighted by Crippen LogP contribution is -2.39. The lowest BCUT2D eigenvalue weighted by atomic mass is 10.2. The molecule has 1 aliphatic heterocycles. The molecule has 1 saturated heterocycles. The van der Waals surface area contributed by atoms with E-state index < -0.39 is 21.7 Å². The molecule has 37 heavy (non-hydrogen) atoms. The Hall–Kier alpha value is -2.47. The van der Waals surface area contributed by atoms with Gasteiger partial charge >= 0.3 is 0 Å².